The van der Waals surface area contributed by atoms with Gasteiger partial charge in [-0.25, -0.2) is 8.42 Å². The summed E-state index contributed by atoms with van der Waals surface area (Å²) in [5.41, 5.74) is 0.827. The number of carbonyl (C=O) groups is 1. The molecule has 0 aliphatic carbocycles. The minimum Gasteiger partial charge on any atom is -0.356 e. The van der Waals surface area contributed by atoms with E-state index in [4.69, 9.17) is 0 Å². The van der Waals surface area contributed by atoms with Gasteiger partial charge in [-0.3, -0.25) is 4.79 Å². The molecular weight excluding hydrogens is 286 g/mol. The maximum Gasteiger partial charge on any atom is 0.216 e. The maximum absolute atomic E-state index is 12.2. The summed E-state index contributed by atoms with van der Waals surface area (Å²) in [6, 6.07) is 13.5. The van der Waals surface area contributed by atoms with Crippen LogP contribution in [0.15, 0.2) is 42.5 Å². The van der Waals surface area contributed by atoms with Crippen LogP contribution >= 0.6 is 0 Å². The third-order valence-electron chi connectivity index (χ3n) is 3.26. The SMILES string of the molecule is CC(=O)NCCCS(=O)(=O)Cc1cccc2ccccc12. The minimum absolute atomic E-state index is 0.0361. The molecule has 0 aliphatic heterocycles. The molecule has 0 bridgehead atoms. The molecule has 0 saturated carbocycles. The Kier molecular flexibility index (Phi) is 4.96. The zero-order valence-electron chi connectivity index (χ0n) is 12.0. The van der Waals surface area contributed by atoms with Crippen molar-refractivity contribution in [2.45, 2.75) is 19.1 Å². The number of rotatable bonds is 6. The van der Waals surface area contributed by atoms with Crippen LogP contribution in [-0.2, 0) is 20.4 Å². The van der Waals surface area contributed by atoms with Crippen LogP contribution in [0.4, 0.5) is 0 Å². The lowest BCUT2D eigenvalue weighted by Gasteiger charge is -2.08. The van der Waals surface area contributed by atoms with Gasteiger partial charge in [-0.05, 0) is 22.8 Å². The molecule has 0 spiro atoms. The van der Waals surface area contributed by atoms with E-state index in [1.54, 1.807) is 0 Å². The van der Waals surface area contributed by atoms with Crippen molar-refractivity contribution in [1.82, 2.24) is 5.32 Å². The van der Waals surface area contributed by atoms with Crippen LogP contribution in [0, 0.1) is 0 Å². The summed E-state index contributed by atoms with van der Waals surface area (Å²) >= 11 is 0. The molecule has 2 aromatic carbocycles. The normalized spacial score (nSPS) is 11.5. The van der Waals surface area contributed by atoms with Crippen molar-refractivity contribution < 1.29 is 13.2 Å². The fourth-order valence-electron chi connectivity index (χ4n) is 2.28. The summed E-state index contributed by atoms with van der Waals surface area (Å²) in [7, 11) is -3.18. The van der Waals surface area contributed by atoms with Crippen LogP contribution in [0.3, 0.4) is 0 Å². The van der Waals surface area contributed by atoms with E-state index in [1.165, 1.54) is 6.92 Å². The molecule has 21 heavy (non-hydrogen) atoms. The number of hydrogen-bond donors (Lipinski definition) is 1. The van der Waals surface area contributed by atoms with Gasteiger partial charge in [0.05, 0.1) is 11.5 Å². The molecular formula is C16H19NO3S. The molecule has 0 unspecified atom stereocenters. The zero-order valence-corrected chi connectivity index (χ0v) is 12.8. The van der Waals surface area contributed by atoms with Crippen LogP contribution in [-0.4, -0.2) is 26.6 Å². The van der Waals surface area contributed by atoms with Gasteiger partial charge in [-0.2, -0.15) is 0 Å². The molecule has 112 valence electrons. The number of fused-ring (bicyclic) bond motifs is 1. The number of sulfone groups is 1. The summed E-state index contributed by atoms with van der Waals surface area (Å²) in [5.74, 6) is -0.0215. The number of nitrogens with one attached hydrogen (secondary N) is 1. The molecule has 0 radical (unpaired) electrons. The smallest absolute Gasteiger partial charge is 0.216 e. The van der Waals surface area contributed by atoms with Crippen LogP contribution in [0.1, 0.15) is 18.9 Å². The number of benzene rings is 2. The maximum atomic E-state index is 12.2. The van der Waals surface area contributed by atoms with Gasteiger partial charge in [0.1, 0.15) is 0 Å². The van der Waals surface area contributed by atoms with Crippen LogP contribution in [0.5, 0.6) is 0 Å². The quantitative estimate of drug-likeness (QED) is 0.833. The Balaban J connectivity index is 2.07. The van der Waals surface area contributed by atoms with Gasteiger partial charge in [-0.1, -0.05) is 42.5 Å². The van der Waals surface area contributed by atoms with Gasteiger partial charge in [0.25, 0.3) is 0 Å². The first-order chi connectivity index (χ1) is 9.98. The van der Waals surface area contributed by atoms with E-state index >= 15 is 0 Å². The summed E-state index contributed by atoms with van der Waals surface area (Å²) in [4.78, 5) is 10.7. The van der Waals surface area contributed by atoms with E-state index in [9.17, 15) is 13.2 Å². The van der Waals surface area contributed by atoms with E-state index in [0.29, 0.717) is 13.0 Å². The van der Waals surface area contributed by atoms with Crippen molar-refractivity contribution in [1.29, 1.82) is 0 Å². The molecule has 0 heterocycles. The summed E-state index contributed by atoms with van der Waals surface area (Å²) in [5, 5.41) is 4.63. The third kappa shape index (κ3) is 4.56. The van der Waals surface area contributed by atoms with Gasteiger partial charge >= 0.3 is 0 Å². The lowest BCUT2D eigenvalue weighted by molar-refractivity contribution is -0.118. The summed E-state index contributed by atoms with van der Waals surface area (Å²) in [6.45, 7) is 1.81. The van der Waals surface area contributed by atoms with Crippen LogP contribution in [0.25, 0.3) is 10.8 Å². The first-order valence-corrected chi connectivity index (χ1v) is 8.71. The van der Waals surface area contributed by atoms with E-state index in [2.05, 4.69) is 5.32 Å². The van der Waals surface area contributed by atoms with Crippen molar-refractivity contribution in [3.05, 3.63) is 48.0 Å². The number of hydrogen-bond acceptors (Lipinski definition) is 3. The first-order valence-electron chi connectivity index (χ1n) is 6.89. The van der Waals surface area contributed by atoms with Crippen LogP contribution in [0.2, 0.25) is 0 Å². The summed E-state index contributed by atoms with van der Waals surface area (Å²) < 4.78 is 24.4. The molecule has 0 atom stereocenters. The Labute approximate surface area is 125 Å². The van der Waals surface area contributed by atoms with Crippen molar-refractivity contribution in [2.75, 3.05) is 12.3 Å². The Morgan fingerprint density at radius 1 is 1.10 bits per heavy atom. The predicted octanol–water partition coefficient (Wildman–Crippen LogP) is 2.28. The standard InChI is InChI=1S/C16H19NO3S/c1-13(18)17-10-5-11-21(19,20)12-15-8-4-7-14-6-2-3-9-16(14)15/h2-4,6-9H,5,10-12H2,1H3,(H,17,18). The topological polar surface area (TPSA) is 63.2 Å². The molecule has 1 N–H and O–H groups in total. The number of amides is 1. The molecule has 1 amide bonds. The lowest BCUT2D eigenvalue weighted by Crippen LogP contribution is -2.23. The second-order valence-corrected chi connectivity index (χ2v) is 7.25. The Bertz CT molecular complexity index is 733. The highest BCUT2D eigenvalue weighted by molar-refractivity contribution is 7.90. The second-order valence-electron chi connectivity index (χ2n) is 5.07. The van der Waals surface area contributed by atoms with Crippen molar-refractivity contribution in [2.24, 2.45) is 0 Å². The van der Waals surface area contributed by atoms with Crippen molar-refractivity contribution >= 4 is 26.5 Å². The van der Waals surface area contributed by atoms with Gasteiger partial charge in [-0.15, -0.1) is 0 Å². The van der Waals surface area contributed by atoms with E-state index in [1.807, 2.05) is 42.5 Å². The van der Waals surface area contributed by atoms with E-state index < -0.39 is 9.84 Å². The summed E-state index contributed by atoms with van der Waals surface area (Å²) in [6.07, 6.45) is 0.437. The molecule has 0 fully saturated rings. The highest BCUT2D eigenvalue weighted by Crippen LogP contribution is 2.20. The first kappa shape index (κ1) is 15.5. The molecule has 4 nitrogen and oxygen atoms in total. The zero-order chi connectivity index (χ0) is 15.3. The molecule has 5 heteroatoms. The fourth-order valence-corrected chi connectivity index (χ4v) is 3.74. The van der Waals surface area contributed by atoms with Gasteiger partial charge in [0, 0.05) is 13.5 Å². The Morgan fingerprint density at radius 3 is 2.57 bits per heavy atom. The molecule has 0 saturated heterocycles. The highest BCUT2D eigenvalue weighted by Gasteiger charge is 2.13. The molecule has 0 aliphatic rings. The minimum atomic E-state index is -3.18. The average molecular weight is 305 g/mol. The van der Waals surface area contributed by atoms with E-state index in [-0.39, 0.29) is 17.4 Å². The lowest BCUT2D eigenvalue weighted by atomic mass is 10.1. The van der Waals surface area contributed by atoms with E-state index in [0.717, 1.165) is 16.3 Å². The van der Waals surface area contributed by atoms with Crippen molar-refractivity contribution in [3.8, 4) is 0 Å². The number of carbonyl (C=O) groups excluding carboxylic acids is 1. The van der Waals surface area contributed by atoms with Crippen molar-refractivity contribution in [3.63, 3.8) is 0 Å². The average Bonchev–Trinajstić information content (AvgIpc) is 2.44. The second kappa shape index (κ2) is 6.72. The fraction of sp³-hybridized carbons (Fsp3) is 0.312. The van der Waals surface area contributed by atoms with Gasteiger partial charge in [0.15, 0.2) is 9.84 Å². The predicted molar refractivity (Wildman–Crippen MR) is 84.7 cm³/mol. The van der Waals surface area contributed by atoms with Gasteiger partial charge < -0.3 is 5.32 Å². The van der Waals surface area contributed by atoms with Gasteiger partial charge in [0.2, 0.25) is 5.91 Å². The third-order valence-corrected chi connectivity index (χ3v) is 4.92. The molecule has 0 aromatic heterocycles. The Morgan fingerprint density at radius 2 is 1.81 bits per heavy atom. The highest BCUT2D eigenvalue weighted by atomic mass is 32.2. The Hall–Kier alpha value is -1.88. The van der Waals surface area contributed by atoms with Crippen LogP contribution < -0.4 is 5.32 Å². The largest absolute Gasteiger partial charge is 0.356 e. The monoisotopic (exact) mass is 305 g/mol. The molecule has 2 rings (SSSR count). The molecule has 2 aromatic rings.